The molecule has 4 atom stereocenters. The minimum absolute atomic E-state index is 0.246. The number of likely N-dealkylation sites (tertiary alicyclic amines) is 1. The Morgan fingerprint density at radius 2 is 1.65 bits per heavy atom. The molecular formula is C22H30N2O7. The third-order valence-corrected chi connectivity index (χ3v) is 6.30. The zero-order chi connectivity index (χ0) is 22.9. The molecule has 0 saturated carbocycles. The number of hydrogen-bond acceptors (Lipinski definition) is 8. The lowest BCUT2D eigenvalue weighted by Crippen LogP contribution is -2.56. The molecule has 2 aliphatic rings. The van der Waals surface area contributed by atoms with Crippen molar-refractivity contribution in [2.24, 2.45) is 11.8 Å². The molecule has 0 unspecified atom stereocenters. The summed E-state index contributed by atoms with van der Waals surface area (Å²) in [6.45, 7) is 3.92. The Morgan fingerprint density at radius 3 is 2.10 bits per heavy atom. The van der Waals surface area contributed by atoms with Gasteiger partial charge in [-0.05, 0) is 31.0 Å². The second-order valence-electron chi connectivity index (χ2n) is 7.72. The normalized spacial score (nSPS) is 27.3. The van der Waals surface area contributed by atoms with Gasteiger partial charge >= 0.3 is 5.97 Å². The highest BCUT2D eigenvalue weighted by molar-refractivity contribution is 6.09. The van der Waals surface area contributed by atoms with E-state index in [4.69, 9.17) is 18.9 Å². The SMILES string of the molecule is CCC[C@]1(C(=O)OC)N[C@H](c2cc(OC)c(OC)c(OC)c2)[C@H]2C(=O)N(CC)C(=O)[C@H]21. The fourth-order valence-electron chi connectivity index (χ4n) is 5.04. The topological polar surface area (TPSA) is 103 Å². The number of benzene rings is 1. The lowest BCUT2D eigenvalue weighted by atomic mass is 9.77. The van der Waals surface area contributed by atoms with Crippen LogP contribution in [0.4, 0.5) is 0 Å². The molecule has 9 heteroatoms. The van der Waals surface area contributed by atoms with E-state index in [0.29, 0.717) is 35.7 Å². The summed E-state index contributed by atoms with van der Waals surface area (Å²) in [5, 5.41) is 3.33. The van der Waals surface area contributed by atoms with Crippen molar-refractivity contribution in [3.8, 4) is 17.2 Å². The maximum absolute atomic E-state index is 13.3. The van der Waals surface area contributed by atoms with Crippen molar-refractivity contribution in [2.75, 3.05) is 35.0 Å². The van der Waals surface area contributed by atoms with Gasteiger partial charge in [-0.1, -0.05) is 13.3 Å². The highest BCUT2D eigenvalue weighted by atomic mass is 16.5. The van der Waals surface area contributed by atoms with Crippen LogP contribution in [0.1, 0.15) is 38.3 Å². The number of nitrogens with one attached hydrogen (secondary N) is 1. The molecule has 170 valence electrons. The van der Waals surface area contributed by atoms with Crippen LogP contribution >= 0.6 is 0 Å². The number of ether oxygens (including phenoxy) is 4. The van der Waals surface area contributed by atoms with Crippen molar-refractivity contribution in [3.05, 3.63) is 17.7 Å². The smallest absolute Gasteiger partial charge is 0.326 e. The predicted octanol–water partition coefficient (Wildman–Crippen LogP) is 1.69. The zero-order valence-corrected chi connectivity index (χ0v) is 18.8. The molecule has 2 saturated heterocycles. The number of carbonyl (C=O) groups excluding carboxylic acids is 3. The summed E-state index contributed by atoms with van der Waals surface area (Å²) in [7, 11) is 5.81. The molecule has 31 heavy (non-hydrogen) atoms. The summed E-state index contributed by atoms with van der Waals surface area (Å²) < 4.78 is 21.4. The lowest BCUT2D eigenvalue weighted by molar-refractivity contribution is -0.154. The van der Waals surface area contributed by atoms with Crippen LogP contribution < -0.4 is 19.5 Å². The number of rotatable bonds is 8. The van der Waals surface area contributed by atoms with Crippen molar-refractivity contribution in [1.82, 2.24) is 10.2 Å². The van der Waals surface area contributed by atoms with Gasteiger partial charge in [0.05, 0.1) is 40.3 Å². The molecule has 0 aliphatic carbocycles. The summed E-state index contributed by atoms with van der Waals surface area (Å²) in [5.41, 5.74) is -0.638. The van der Waals surface area contributed by atoms with Gasteiger partial charge in [0, 0.05) is 12.6 Å². The van der Waals surface area contributed by atoms with Crippen molar-refractivity contribution in [1.29, 1.82) is 0 Å². The van der Waals surface area contributed by atoms with Gasteiger partial charge < -0.3 is 18.9 Å². The quantitative estimate of drug-likeness (QED) is 0.487. The molecule has 1 aromatic carbocycles. The lowest BCUT2D eigenvalue weighted by Gasteiger charge is -2.32. The number of esters is 1. The average Bonchev–Trinajstić information content (AvgIpc) is 3.26. The van der Waals surface area contributed by atoms with Crippen LogP contribution in [0.5, 0.6) is 17.2 Å². The third kappa shape index (κ3) is 3.31. The number of hydrogen-bond donors (Lipinski definition) is 1. The standard InChI is InChI=1S/C22H30N2O7/c1-7-9-22(21(27)31-6)16-15(19(25)24(8-2)20(16)26)17(23-22)12-10-13(28-3)18(30-5)14(11-12)29-4/h10-11,15-17,23H,7-9H2,1-6H3/t15-,16-,17+,22-/m0/s1. The Morgan fingerprint density at radius 1 is 1.03 bits per heavy atom. The van der Waals surface area contributed by atoms with E-state index in [-0.39, 0.29) is 18.4 Å². The Bertz CT molecular complexity index is 862. The molecule has 1 N–H and O–H groups in total. The van der Waals surface area contributed by atoms with Crippen molar-refractivity contribution < 1.29 is 33.3 Å². The summed E-state index contributed by atoms with van der Waals surface area (Å²) in [6, 6.07) is 2.86. The van der Waals surface area contributed by atoms with Gasteiger partial charge in [0.25, 0.3) is 0 Å². The zero-order valence-electron chi connectivity index (χ0n) is 18.8. The molecule has 1 aromatic rings. The molecule has 0 spiro atoms. The molecule has 2 fully saturated rings. The fraction of sp³-hybridized carbons (Fsp3) is 0.591. The highest BCUT2D eigenvalue weighted by Gasteiger charge is 2.68. The molecule has 3 rings (SSSR count). The van der Waals surface area contributed by atoms with Crippen LogP contribution in [0.25, 0.3) is 0 Å². The van der Waals surface area contributed by atoms with Crippen molar-refractivity contribution in [3.63, 3.8) is 0 Å². The number of carbonyl (C=O) groups is 3. The van der Waals surface area contributed by atoms with E-state index < -0.39 is 29.4 Å². The van der Waals surface area contributed by atoms with E-state index >= 15 is 0 Å². The molecule has 0 radical (unpaired) electrons. The Balaban J connectivity index is 2.21. The van der Waals surface area contributed by atoms with Crippen LogP contribution in [-0.4, -0.2) is 63.2 Å². The van der Waals surface area contributed by atoms with Gasteiger partial charge in [0.2, 0.25) is 17.6 Å². The summed E-state index contributed by atoms with van der Waals surface area (Å²) in [4.78, 5) is 40.8. The first-order valence-corrected chi connectivity index (χ1v) is 10.4. The molecule has 2 aliphatic heterocycles. The van der Waals surface area contributed by atoms with Crippen LogP contribution in [0.15, 0.2) is 12.1 Å². The van der Waals surface area contributed by atoms with Gasteiger partial charge in [-0.25, -0.2) is 0 Å². The number of amides is 2. The summed E-state index contributed by atoms with van der Waals surface area (Å²) in [5.74, 6) is -1.53. The van der Waals surface area contributed by atoms with E-state index in [1.165, 1.54) is 33.3 Å². The average molecular weight is 434 g/mol. The van der Waals surface area contributed by atoms with Crippen LogP contribution in [0, 0.1) is 11.8 Å². The van der Waals surface area contributed by atoms with Gasteiger partial charge in [-0.2, -0.15) is 0 Å². The molecular weight excluding hydrogens is 404 g/mol. The monoisotopic (exact) mass is 434 g/mol. The van der Waals surface area contributed by atoms with Gasteiger partial charge in [0.15, 0.2) is 11.5 Å². The van der Waals surface area contributed by atoms with E-state index in [2.05, 4.69) is 5.32 Å². The summed E-state index contributed by atoms with van der Waals surface area (Å²) in [6.07, 6.45) is 0.985. The third-order valence-electron chi connectivity index (χ3n) is 6.30. The number of imide groups is 1. The van der Waals surface area contributed by atoms with Gasteiger partial charge in [-0.3, -0.25) is 24.6 Å². The van der Waals surface area contributed by atoms with E-state index in [9.17, 15) is 14.4 Å². The number of nitrogens with zero attached hydrogens (tertiary/aromatic N) is 1. The Labute approximate surface area is 182 Å². The minimum Gasteiger partial charge on any atom is -0.493 e. The Kier molecular flexibility index (Phi) is 6.45. The molecule has 2 amide bonds. The first kappa shape index (κ1) is 22.9. The first-order chi connectivity index (χ1) is 14.8. The van der Waals surface area contributed by atoms with E-state index in [1.54, 1.807) is 19.1 Å². The van der Waals surface area contributed by atoms with Crippen LogP contribution in [0.3, 0.4) is 0 Å². The molecule has 2 heterocycles. The second-order valence-corrected chi connectivity index (χ2v) is 7.72. The maximum Gasteiger partial charge on any atom is 0.326 e. The maximum atomic E-state index is 13.3. The van der Waals surface area contributed by atoms with Crippen molar-refractivity contribution in [2.45, 2.75) is 38.3 Å². The van der Waals surface area contributed by atoms with E-state index in [1.807, 2.05) is 6.92 Å². The predicted molar refractivity (Wildman–Crippen MR) is 111 cm³/mol. The van der Waals surface area contributed by atoms with Gasteiger partial charge in [-0.15, -0.1) is 0 Å². The van der Waals surface area contributed by atoms with E-state index in [0.717, 1.165) is 0 Å². The molecule has 9 nitrogen and oxygen atoms in total. The number of fused-ring (bicyclic) bond motifs is 1. The van der Waals surface area contributed by atoms with Crippen molar-refractivity contribution >= 4 is 17.8 Å². The largest absolute Gasteiger partial charge is 0.493 e. The highest BCUT2D eigenvalue weighted by Crippen LogP contribution is 2.52. The first-order valence-electron chi connectivity index (χ1n) is 10.4. The van der Waals surface area contributed by atoms with Crippen LogP contribution in [-0.2, 0) is 19.1 Å². The second kappa shape index (κ2) is 8.74. The van der Waals surface area contributed by atoms with Gasteiger partial charge in [0.1, 0.15) is 5.54 Å². The Hall–Kier alpha value is -2.81. The van der Waals surface area contributed by atoms with Crippen LogP contribution in [0.2, 0.25) is 0 Å². The number of methoxy groups -OCH3 is 4. The summed E-state index contributed by atoms with van der Waals surface area (Å²) >= 11 is 0. The minimum atomic E-state index is -1.30. The fourth-order valence-corrected chi connectivity index (χ4v) is 5.04. The molecule has 0 aromatic heterocycles. The molecule has 0 bridgehead atoms.